The first-order valence-corrected chi connectivity index (χ1v) is 8.39. The van der Waals surface area contributed by atoms with Crippen LogP contribution in [0.5, 0.6) is 11.5 Å². The standard InChI is InChI=1S/C20H13BrO4/c1-24-14-6-7-15-16(10-14)20(23)25-18-9-12(8-17(22)19(15)18)11-2-4-13(21)5-3-11/h2-10,22H,1H3. The lowest BCUT2D eigenvalue weighted by Gasteiger charge is -2.09. The zero-order valence-electron chi connectivity index (χ0n) is 13.2. The van der Waals surface area contributed by atoms with E-state index in [1.54, 1.807) is 30.3 Å². The summed E-state index contributed by atoms with van der Waals surface area (Å²) in [5, 5.41) is 12.1. The average Bonchev–Trinajstić information content (AvgIpc) is 2.61. The van der Waals surface area contributed by atoms with Gasteiger partial charge in [-0.25, -0.2) is 4.79 Å². The van der Waals surface area contributed by atoms with E-state index in [0.29, 0.717) is 27.5 Å². The normalized spacial score (nSPS) is 11.1. The number of halogens is 1. The molecule has 0 atom stereocenters. The summed E-state index contributed by atoms with van der Waals surface area (Å²) in [5.41, 5.74) is 1.57. The number of rotatable bonds is 2. The van der Waals surface area contributed by atoms with Crippen LogP contribution in [0, 0.1) is 0 Å². The third-order valence-corrected chi connectivity index (χ3v) is 4.71. The number of hydrogen-bond donors (Lipinski definition) is 1. The second-order valence-electron chi connectivity index (χ2n) is 5.68. The second kappa shape index (κ2) is 5.93. The highest BCUT2D eigenvalue weighted by Gasteiger charge is 2.14. The second-order valence-corrected chi connectivity index (χ2v) is 6.59. The molecule has 124 valence electrons. The predicted molar refractivity (Wildman–Crippen MR) is 101 cm³/mol. The summed E-state index contributed by atoms with van der Waals surface area (Å²) < 4.78 is 11.6. The quantitative estimate of drug-likeness (QED) is 0.378. The first-order chi connectivity index (χ1) is 12.1. The zero-order chi connectivity index (χ0) is 17.6. The van der Waals surface area contributed by atoms with Crippen LogP contribution >= 0.6 is 15.9 Å². The lowest BCUT2D eigenvalue weighted by molar-refractivity contribution is 0.415. The van der Waals surface area contributed by atoms with Crippen molar-refractivity contribution in [3.8, 4) is 22.6 Å². The van der Waals surface area contributed by atoms with Gasteiger partial charge < -0.3 is 14.3 Å². The molecule has 0 bridgehead atoms. The van der Waals surface area contributed by atoms with Crippen LogP contribution in [-0.2, 0) is 0 Å². The average molecular weight is 397 g/mol. The van der Waals surface area contributed by atoms with Crippen LogP contribution in [0.3, 0.4) is 0 Å². The maximum atomic E-state index is 12.4. The monoisotopic (exact) mass is 396 g/mol. The van der Waals surface area contributed by atoms with Gasteiger partial charge in [-0.3, -0.25) is 0 Å². The van der Waals surface area contributed by atoms with Crippen LogP contribution in [0.15, 0.2) is 68.3 Å². The predicted octanol–water partition coefficient (Wildman–Crippen LogP) is 5.09. The number of aromatic hydroxyl groups is 1. The fourth-order valence-corrected chi connectivity index (χ4v) is 3.22. The van der Waals surface area contributed by atoms with Crippen molar-refractivity contribution < 1.29 is 14.3 Å². The van der Waals surface area contributed by atoms with Gasteiger partial charge in [-0.2, -0.15) is 0 Å². The fraction of sp³-hybridized carbons (Fsp3) is 0.0500. The molecule has 0 unspecified atom stereocenters. The van der Waals surface area contributed by atoms with Crippen LogP contribution in [-0.4, -0.2) is 12.2 Å². The minimum absolute atomic E-state index is 0.0642. The lowest BCUT2D eigenvalue weighted by atomic mass is 10.0. The van der Waals surface area contributed by atoms with Gasteiger partial charge in [0.2, 0.25) is 0 Å². The molecule has 1 N–H and O–H groups in total. The van der Waals surface area contributed by atoms with Crippen molar-refractivity contribution >= 4 is 37.7 Å². The van der Waals surface area contributed by atoms with E-state index < -0.39 is 5.63 Å². The molecule has 0 aliphatic rings. The summed E-state index contributed by atoms with van der Waals surface area (Å²) in [6.45, 7) is 0. The van der Waals surface area contributed by atoms with E-state index in [0.717, 1.165) is 15.6 Å². The summed E-state index contributed by atoms with van der Waals surface area (Å²) >= 11 is 3.40. The number of fused-ring (bicyclic) bond motifs is 3. The topological polar surface area (TPSA) is 59.7 Å². The molecule has 0 fully saturated rings. The Hall–Kier alpha value is -2.79. The van der Waals surface area contributed by atoms with Gasteiger partial charge >= 0.3 is 5.63 Å². The van der Waals surface area contributed by atoms with Crippen molar-refractivity contribution in [3.63, 3.8) is 0 Å². The molecule has 4 aromatic rings. The maximum Gasteiger partial charge on any atom is 0.344 e. The zero-order valence-corrected chi connectivity index (χ0v) is 14.8. The molecule has 4 rings (SSSR count). The van der Waals surface area contributed by atoms with E-state index in [1.165, 1.54) is 7.11 Å². The Kier molecular flexibility index (Phi) is 3.73. The Balaban J connectivity index is 2.03. The van der Waals surface area contributed by atoms with Crippen LogP contribution in [0.2, 0.25) is 0 Å². The van der Waals surface area contributed by atoms with Crippen molar-refractivity contribution in [2.75, 3.05) is 7.11 Å². The number of ether oxygens (including phenoxy) is 1. The molecule has 4 nitrogen and oxygen atoms in total. The SMILES string of the molecule is COc1ccc2c(c1)c(=O)oc1cc(-c3ccc(Br)cc3)cc(O)c12. The molecule has 0 saturated carbocycles. The smallest absolute Gasteiger partial charge is 0.344 e. The minimum atomic E-state index is -0.464. The van der Waals surface area contributed by atoms with Gasteiger partial charge in [0.15, 0.2) is 0 Å². The number of methoxy groups -OCH3 is 1. The highest BCUT2D eigenvalue weighted by atomic mass is 79.9. The molecule has 25 heavy (non-hydrogen) atoms. The van der Waals surface area contributed by atoms with Crippen LogP contribution in [0.1, 0.15) is 0 Å². The van der Waals surface area contributed by atoms with E-state index in [4.69, 9.17) is 9.15 Å². The Morgan fingerprint density at radius 3 is 2.44 bits per heavy atom. The number of phenols is 1. The van der Waals surface area contributed by atoms with E-state index >= 15 is 0 Å². The molecule has 3 aromatic carbocycles. The third kappa shape index (κ3) is 2.66. The van der Waals surface area contributed by atoms with Gasteiger partial charge in [0.05, 0.1) is 17.9 Å². The summed E-state index contributed by atoms with van der Waals surface area (Å²) in [6.07, 6.45) is 0. The molecule has 0 saturated heterocycles. The van der Waals surface area contributed by atoms with E-state index in [9.17, 15) is 9.90 Å². The highest BCUT2D eigenvalue weighted by molar-refractivity contribution is 9.10. The minimum Gasteiger partial charge on any atom is -0.507 e. The Labute approximate surface area is 151 Å². The molecule has 1 aromatic heterocycles. The van der Waals surface area contributed by atoms with Gasteiger partial charge in [0.1, 0.15) is 17.1 Å². The van der Waals surface area contributed by atoms with Gasteiger partial charge in [-0.1, -0.05) is 28.1 Å². The van der Waals surface area contributed by atoms with Gasteiger partial charge in [0.25, 0.3) is 0 Å². The molecule has 0 aliphatic carbocycles. The highest BCUT2D eigenvalue weighted by Crippen LogP contribution is 2.36. The first kappa shape index (κ1) is 15.7. The van der Waals surface area contributed by atoms with Gasteiger partial charge in [-0.15, -0.1) is 0 Å². The molecule has 1 heterocycles. The van der Waals surface area contributed by atoms with Gasteiger partial charge in [-0.05, 0) is 53.6 Å². The summed E-state index contributed by atoms with van der Waals surface area (Å²) in [5.74, 6) is 0.624. The van der Waals surface area contributed by atoms with Crippen molar-refractivity contribution in [2.45, 2.75) is 0 Å². The van der Waals surface area contributed by atoms with E-state index in [2.05, 4.69) is 15.9 Å². The number of benzene rings is 3. The fourth-order valence-electron chi connectivity index (χ4n) is 2.95. The molecular weight excluding hydrogens is 384 g/mol. The van der Waals surface area contributed by atoms with Gasteiger partial charge in [0, 0.05) is 9.86 Å². The molecular formula is C20H13BrO4. The largest absolute Gasteiger partial charge is 0.507 e. The Morgan fingerprint density at radius 2 is 1.72 bits per heavy atom. The van der Waals surface area contributed by atoms with Crippen molar-refractivity contribution in [1.29, 1.82) is 0 Å². The van der Waals surface area contributed by atoms with Crippen LogP contribution < -0.4 is 10.4 Å². The first-order valence-electron chi connectivity index (χ1n) is 7.60. The molecule has 0 radical (unpaired) electrons. The number of phenolic OH excluding ortho intramolecular Hbond substituents is 1. The molecule has 0 amide bonds. The maximum absolute atomic E-state index is 12.4. The molecule has 0 aliphatic heterocycles. The summed E-state index contributed by atoms with van der Waals surface area (Å²) in [4.78, 5) is 12.4. The Bertz CT molecular complexity index is 1160. The van der Waals surface area contributed by atoms with Crippen LogP contribution in [0.4, 0.5) is 0 Å². The van der Waals surface area contributed by atoms with Crippen molar-refractivity contribution in [3.05, 3.63) is 69.5 Å². The third-order valence-electron chi connectivity index (χ3n) is 4.18. The Morgan fingerprint density at radius 1 is 0.960 bits per heavy atom. The summed E-state index contributed by atoms with van der Waals surface area (Å²) in [7, 11) is 1.53. The van der Waals surface area contributed by atoms with Crippen LogP contribution in [0.25, 0.3) is 32.9 Å². The van der Waals surface area contributed by atoms with E-state index in [-0.39, 0.29) is 5.75 Å². The van der Waals surface area contributed by atoms with E-state index in [1.807, 2.05) is 24.3 Å². The number of hydrogen-bond acceptors (Lipinski definition) is 4. The summed E-state index contributed by atoms with van der Waals surface area (Å²) in [6, 6.07) is 16.2. The van der Waals surface area contributed by atoms with Crippen molar-refractivity contribution in [2.24, 2.45) is 0 Å². The lowest BCUT2D eigenvalue weighted by Crippen LogP contribution is -2.00. The molecule has 5 heteroatoms. The molecule has 0 spiro atoms. The van der Waals surface area contributed by atoms with Crippen molar-refractivity contribution in [1.82, 2.24) is 0 Å².